The van der Waals surface area contributed by atoms with Gasteiger partial charge in [0.25, 0.3) is 0 Å². The molecule has 0 radical (unpaired) electrons. The summed E-state index contributed by atoms with van der Waals surface area (Å²) in [7, 11) is -3.05. The molecule has 0 bridgehead atoms. The Balaban J connectivity index is 3.13. The third-order valence-electron chi connectivity index (χ3n) is 2.02. The Morgan fingerprint density at radius 3 is 2.72 bits per heavy atom. The molecule has 0 heterocycles. The number of phenols is 1. The van der Waals surface area contributed by atoms with E-state index in [1.165, 1.54) is 12.1 Å². The number of halogens is 1. The topological polar surface area (TPSA) is 119 Å². The highest BCUT2D eigenvalue weighted by molar-refractivity contribution is 7.89. The molecule has 0 fully saturated rings. The Kier molecular flexibility index (Phi) is 4.38. The second kappa shape index (κ2) is 5.42. The van der Waals surface area contributed by atoms with Crippen molar-refractivity contribution in [2.75, 3.05) is 19.4 Å². The molecule has 0 amide bonds. The molecule has 0 unspecified atom stereocenters. The number of ether oxygens (including phenoxy) is 1. The van der Waals surface area contributed by atoms with Crippen molar-refractivity contribution in [2.45, 2.75) is 4.90 Å². The minimum atomic E-state index is -4.16. The van der Waals surface area contributed by atoms with Crippen LogP contribution in [0.5, 0.6) is 5.75 Å². The highest BCUT2D eigenvalue weighted by Crippen LogP contribution is 2.34. The van der Waals surface area contributed by atoms with Gasteiger partial charge in [0.2, 0.25) is 10.0 Å². The molecule has 7 nitrogen and oxygen atoms in total. The largest absolute Gasteiger partial charge is 0.504 e. The van der Waals surface area contributed by atoms with Crippen molar-refractivity contribution in [3.63, 3.8) is 0 Å². The molecule has 0 saturated carbocycles. The van der Waals surface area contributed by atoms with Crippen LogP contribution in [0, 0.1) is 0 Å². The fourth-order valence-corrected chi connectivity index (χ4v) is 2.72. The van der Waals surface area contributed by atoms with Crippen LogP contribution in [0.2, 0.25) is 5.02 Å². The van der Waals surface area contributed by atoms with E-state index >= 15 is 0 Å². The van der Waals surface area contributed by atoms with Crippen molar-refractivity contribution in [1.29, 1.82) is 0 Å². The fourth-order valence-electron chi connectivity index (χ4n) is 1.12. The number of sulfonamides is 1. The molecule has 0 saturated heterocycles. The van der Waals surface area contributed by atoms with E-state index in [1.54, 1.807) is 0 Å². The summed E-state index contributed by atoms with van der Waals surface area (Å²) >= 11 is 5.68. The number of hydrogen-bond acceptors (Lipinski definition) is 6. The molecule has 100 valence electrons. The van der Waals surface area contributed by atoms with Crippen LogP contribution >= 0.6 is 11.6 Å². The number of nitrogens with two attached hydrogens (primary N) is 1. The molecule has 0 aromatic heterocycles. The number of phenolic OH excluding ortho intramolecular Hbond substituents is 1. The van der Waals surface area contributed by atoms with Crippen molar-refractivity contribution in [3.8, 4) is 5.75 Å². The van der Waals surface area contributed by atoms with Crippen LogP contribution in [0.4, 0.5) is 5.69 Å². The second-order valence-electron chi connectivity index (χ2n) is 3.22. The zero-order chi connectivity index (χ0) is 13.9. The van der Waals surface area contributed by atoms with Gasteiger partial charge in [0.05, 0.1) is 17.8 Å². The van der Waals surface area contributed by atoms with E-state index in [-0.39, 0.29) is 10.7 Å². The summed E-state index contributed by atoms with van der Waals surface area (Å²) in [6, 6.07) is 2.49. The fraction of sp³-hybridized carbons (Fsp3) is 0.222. The molecule has 4 N–H and O–H groups in total. The first-order chi connectivity index (χ1) is 8.29. The van der Waals surface area contributed by atoms with Crippen LogP contribution in [-0.2, 0) is 19.6 Å². The molecule has 1 aromatic rings. The first kappa shape index (κ1) is 14.6. The van der Waals surface area contributed by atoms with E-state index in [0.29, 0.717) is 0 Å². The number of carbonyl (C=O) groups is 1. The molecular weight excluding hydrogens is 284 g/mol. The smallest absolute Gasteiger partial charge is 0.320 e. The average molecular weight is 295 g/mol. The van der Waals surface area contributed by atoms with Gasteiger partial charge in [0.1, 0.15) is 11.4 Å². The van der Waals surface area contributed by atoms with E-state index < -0.39 is 33.2 Å². The quantitative estimate of drug-likeness (QED) is 0.411. The van der Waals surface area contributed by atoms with E-state index in [2.05, 4.69) is 4.74 Å². The van der Waals surface area contributed by atoms with Gasteiger partial charge in [0.15, 0.2) is 5.75 Å². The van der Waals surface area contributed by atoms with Gasteiger partial charge in [-0.15, -0.1) is 0 Å². The van der Waals surface area contributed by atoms with Crippen LogP contribution in [0.25, 0.3) is 0 Å². The van der Waals surface area contributed by atoms with Gasteiger partial charge in [-0.25, -0.2) is 8.42 Å². The lowest BCUT2D eigenvalue weighted by Crippen LogP contribution is -2.30. The highest BCUT2D eigenvalue weighted by atomic mass is 35.5. The summed E-state index contributed by atoms with van der Waals surface area (Å²) in [5.41, 5.74) is 5.23. The monoisotopic (exact) mass is 294 g/mol. The van der Waals surface area contributed by atoms with Crippen LogP contribution in [0.3, 0.4) is 0 Å². The third kappa shape index (κ3) is 3.03. The van der Waals surface area contributed by atoms with Gasteiger partial charge in [-0.3, -0.25) is 4.79 Å². The second-order valence-corrected chi connectivity index (χ2v) is 5.33. The molecule has 18 heavy (non-hydrogen) atoms. The molecule has 1 aromatic carbocycles. The zero-order valence-electron chi connectivity index (χ0n) is 9.31. The minimum Gasteiger partial charge on any atom is -0.504 e. The first-order valence-electron chi connectivity index (χ1n) is 4.63. The predicted octanol–water partition coefficient (Wildman–Crippen LogP) is 0.0791. The summed E-state index contributed by atoms with van der Waals surface area (Å²) in [6.45, 7) is -0.580. The van der Waals surface area contributed by atoms with Crippen LogP contribution < -0.4 is 10.5 Å². The van der Waals surface area contributed by atoms with E-state index in [9.17, 15) is 18.3 Å². The molecule has 0 aliphatic rings. The van der Waals surface area contributed by atoms with Crippen molar-refractivity contribution in [3.05, 3.63) is 17.2 Å². The van der Waals surface area contributed by atoms with Crippen molar-refractivity contribution in [2.24, 2.45) is 0 Å². The lowest BCUT2D eigenvalue weighted by atomic mass is 10.3. The van der Waals surface area contributed by atoms with Crippen molar-refractivity contribution < 1.29 is 23.1 Å². The Morgan fingerprint density at radius 2 is 2.17 bits per heavy atom. The highest BCUT2D eigenvalue weighted by Gasteiger charge is 2.24. The van der Waals surface area contributed by atoms with Crippen LogP contribution in [-0.4, -0.2) is 33.1 Å². The maximum absolute atomic E-state index is 11.8. The Hall–Kier alpha value is -1.51. The maximum atomic E-state index is 11.8. The average Bonchev–Trinajstić information content (AvgIpc) is 2.31. The number of methoxy groups -OCH3 is 1. The molecule has 1 rings (SSSR count). The predicted molar refractivity (Wildman–Crippen MR) is 64.7 cm³/mol. The van der Waals surface area contributed by atoms with Gasteiger partial charge in [-0.05, 0) is 12.1 Å². The Bertz CT molecular complexity index is 573. The number of nitrogens with one attached hydrogen (secondary N) is 1. The number of aromatic hydroxyl groups is 1. The number of rotatable bonds is 4. The standard InChI is InChI=1S/C9H11ClN2O5S/c1-17-7(13)4-12-18(15,16)9-5(10)2-3-6(11)8(9)14/h2-3,12,14H,4,11H2,1H3. The van der Waals surface area contributed by atoms with E-state index in [1.807, 2.05) is 4.72 Å². The van der Waals surface area contributed by atoms with E-state index in [4.69, 9.17) is 17.3 Å². The Morgan fingerprint density at radius 1 is 1.56 bits per heavy atom. The number of nitrogen functional groups attached to an aromatic ring is 1. The summed E-state index contributed by atoms with van der Waals surface area (Å²) < 4.78 is 29.9. The van der Waals surface area contributed by atoms with Gasteiger partial charge in [-0.2, -0.15) is 4.72 Å². The van der Waals surface area contributed by atoms with Gasteiger partial charge < -0.3 is 15.6 Å². The molecule has 0 aliphatic heterocycles. The third-order valence-corrected chi connectivity index (χ3v) is 3.92. The zero-order valence-corrected chi connectivity index (χ0v) is 10.9. The van der Waals surface area contributed by atoms with Gasteiger partial charge in [0, 0.05) is 0 Å². The number of anilines is 1. The molecule has 0 atom stereocenters. The maximum Gasteiger partial charge on any atom is 0.320 e. The van der Waals surface area contributed by atoms with Crippen LogP contribution in [0.15, 0.2) is 17.0 Å². The van der Waals surface area contributed by atoms with Gasteiger partial charge >= 0.3 is 5.97 Å². The number of hydrogen-bond donors (Lipinski definition) is 3. The first-order valence-corrected chi connectivity index (χ1v) is 6.49. The lowest BCUT2D eigenvalue weighted by Gasteiger charge is -2.10. The normalized spacial score (nSPS) is 11.2. The van der Waals surface area contributed by atoms with Crippen LogP contribution in [0.1, 0.15) is 0 Å². The summed E-state index contributed by atoms with van der Waals surface area (Å²) in [5, 5.41) is 9.38. The molecule has 0 spiro atoms. The van der Waals surface area contributed by atoms with Gasteiger partial charge in [-0.1, -0.05) is 11.6 Å². The SMILES string of the molecule is COC(=O)CNS(=O)(=O)c1c(Cl)ccc(N)c1O. The summed E-state index contributed by atoms with van der Waals surface area (Å²) in [5.74, 6) is -1.45. The minimum absolute atomic E-state index is 0.141. The molecule has 0 aliphatic carbocycles. The number of esters is 1. The number of benzene rings is 1. The van der Waals surface area contributed by atoms with E-state index in [0.717, 1.165) is 7.11 Å². The van der Waals surface area contributed by atoms with Crippen molar-refractivity contribution in [1.82, 2.24) is 4.72 Å². The van der Waals surface area contributed by atoms with Crippen molar-refractivity contribution >= 4 is 33.3 Å². The lowest BCUT2D eigenvalue weighted by molar-refractivity contribution is -0.139. The molecule has 9 heteroatoms. The Labute approximate surface area is 109 Å². The summed E-state index contributed by atoms with van der Waals surface area (Å²) in [4.78, 5) is 10.3. The molecular formula is C9H11ClN2O5S. The number of carbonyl (C=O) groups excluding carboxylic acids is 1. The summed E-state index contributed by atoms with van der Waals surface area (Å²) in [6.07, 6.45) is 0.